The molecule has 0 radical (unpaired) electrons. The highest BCUT2D eigenvalue weighted by molar-refractivity contribution is 5.68. The number of hydrogen-bond acceptors (Lipinski definition) is 3. The van der Waals surface area contributed by atoms with Gasteiger partial charge in [-0.05, 0) is 45.4 Å². The van der Waals surface area contributed by atoms with Gasteiger partial charge in [-0.25, -0.2) is 4.79 Å². The third-order valence-electron chi connectivity index (χ3n) is 2.92. The van der Waals surface area contributed by atoms with Gasteiger partial charge in [0.15, 0.2) is 0 Å². The Bertz CT molecular complexity index is 295. The first-order chi connectivity index (χ1) is 7.78. The largest absolute Gasteiger partial charge is 0.481 e. The van der Waals surface area contributed by atoms with Crippen LogP contribution in [0.3, 0.4) is 0 Å². The van der Waals surface area contributed by atoms with E-state index < -0.39 is 17.7 Å². The number of carbonyl (C=O) groups excluding carboxylic acids is 1. The molecule has 2 N–H and O–H groups in total. The number of hydrogen-bond donors (Lipinski definition) is 2. The molecule has 0 aromatic heterocycles. The first kappa shape index (κ1) is 13.8. The quantitative estimate of drug-likeness (QED) is 0.792. The number of aliphatic carboxylic acids is 1. The minimum atomic E-state index is -0.767. The van der Waals surface area contributed by atoms with E-state index in [2.05, 4.69) is 5.32 Å². The lowest BCUT2D eigenvalue weighted by atomic mass is 9.72. The van der Waals surface area contributed by atoms with Crippen LogP contribution in [-0.2, 0) is 9.53 Å². The molecule has 0 aromatic rings. The normalized spacial score (nSPS) is 23.7. The van der Waals surface area contributed by atoms with Gasteiger partial charge in [-0.2, -0.15) is 0 Å². The van der Waals surface area contributed by atoms with E-state index in [1.165, 1.54) is 0 Å². The van der Waals surface area contributed by atoms with Crippen molar-refractivity contribution in [2.45, 2.75) is 45.6 Å². The van der Waals surface area contributed by atoms with E-state index in [4.69, 9.17) is 9.84 Å². The molecule has 0 bridgehead atoms. The monoisotopic (exact) mass is 243 g/mol. The molecule has 1 aliphatic carbocycles. The van der Waals surface area contributed by atoms with Gasteiger partial charge in [0.1, 0.15) is 5.60 Å². The average molecular weight is 243 g/mol. The number of rotatable bonds is 4. The van der Waals surface area contributed by atoms with Gasteiger partial charge in [0, 0.05) is 13.0 Å². The molecule has 5 nitrogen and oxygen atoms in total. The molecule has 1 amide bonds. The predicted octanol–water partition coefficient (Wildman–Crippen LogP) is 2.01. The van der Waals surface area contributed by atoms with E-state index in [0.717, 1.165) is 12.8 Å². The third-order valence-corrected chi connectivity index (χ3v) is 2.92. The summed E-state index contributed by atoms with van der Waals surface area (Å²) in [5.74, 6) is -0.293. The van der Waals surface area contributed by atoms with Crippen LogP contribution in [-0.4, -0.2) is 29.3 Å². The van der Waals surface area contributed by atoms with Gasteiger partial charge in [-0.15, -0.1) is 0 Å². The molecule has 0 aliphatic heterocycles. The number of ether oxygens (including phenoxy) is 1. The molecule has 0 heterocycles. The fraction of sp³-hybridized carbons (Fsp3) is 0.833. The van der Waals surface area contributed by atoms with Gasteiger partial charge >= 0.3 is 12.1 Å². The van der Waals surface area contributed by atoms with Crippen LogP contribution >= 0.6 is 0 Å². The lowest BCUT2D eigenvalue weighted by Gasteiger charge is -2.35. The molecule has 5 heteroatoms. The molecular weight excluding hydrogens is 222 g/mol. The average Bonchev–Trinajstić information content (AvgIpc) is 2.09. The summed E-state index contributed by atoms with van der Waals surface area (Å²) in [7, 11) is 0. The summed E-state index contributed by atoms with van der Waals surface area (Å²) in [5, 5.41) is 11.4. The van der Waals surface area contributed by atoms with Crippen molar-refractivity contribution >= 4 is 12.1 Å². The molecule has 1 fully saturated rings. The second kappa shape index (κ2) is 5.38. The van der Waals surface area contributed by atoms with Crippen molar-refractivity contribution in [2.24, 2.45) is 11.8 Å². The number of nitrogens with one attached hydrogen (secondary N) is 1. The van der Waals surface area contributed by atoms with Crippen LogP contribution < -0.4 is 5.32 Å². The molecule has 0 saturated heterocycles. The van der Waals surface area contributed by atoms with Gasteiger partial charge in [0.05, 0.1) is 0 Å². The van der Waals surface area contributed by atoms with Gasteiger partial charge in [-0.1, -0.05) is 0 Å². The SMILES string of the molecule is CC(C)(C)OC(=O)NC[C@@H]1CC[C@@H]1CC(=O)O. The zero-order valence-corrected chi connectivity index (χ0v) is 10.7. The Hall–Kier alpha value is -1.26. The molecule has 2 atom stereocenters. The zero-order valence-electron chi connectivity index (χ0n) is 10.7. The highest BCUT2D eigenvalue weighted by atomic mass is 16.6. The minimum Gasteiger partial charge on any atom is -0.481 e. The predicted molar refractivity (Wildman–Crippen MR) is 62.7 cm³/mol. The Labute approximate surface area is 102 Å². The van der Waals surface area contributed by atoms with Crippen molar-refractivity contribution < 1.29 is 19.4 Å². The summed E-state index contributed by atoms with van der Waals surface area (Å²) < 4.78 is 5.11. The highest BCUT2D eigenvalue weighted by Gasteiger charge is 2.32. The Balaban J connectivity index is 2.23. The standard InChI is InChI=1S/C12H21NO4/c1-12(2,3)17-11(16)13-7-9-5-4-8(9)6-10(14)15/h8-9H,4-7H2,1-3H3,(H,13,16)(H,14,15)/t8-,9+/m1/s1. The molecular formula is C12H21NO4. The van der Waals surface area contributed by atoms with Crippen LogP contribution in [0.2, 0.25) is 0 Å². The molecule has 17 heavy (non-hydrogen) atoms. The molecule has 1 rings (SSSR count). The first-order valence-corrected chi connectivity index (χ1v) is 5.96. The Morgan fingerprint density at radius 2 is 1.88 bits per heavy atom. The number of carbonyl (C=O) groups is 2. The van der Waals surface area contributed by atoms with Crippen LogP contribution in [0.1, 0.15) is 40.0 Å². The molecule has 1 aliphatic rings. The summed E-state index contributed by atoms with van der Waals surface area (Å²) in [5.41, 5.74) is -0.496. The topological polar surface area (TPSA) is 75.6 Å². The molecule has 0 aromatic carbocycles. The van der Waals surface area contributed by atoms with Crippen molar-refractivity contribution in [1.29, 1.82) is 0 Å². The van der Waals surface area contributed by atoms with E-state index in [9.17, 15) is 9.59 Å². The lowest BCUT2D eigenvalue weighted by Crippen LogP contribution is -2.40. The van der Waals surface area contributed by atoms with Crippen LogP contribution in [0.4, 0.5) is 4.79 Å². The maximum Gasteiger partial charge on any atom is 0.407 e. The van der Waals surface area contributed by atoms with E-state index in [0.29, 0.717) is 6.54 Å². The number of carboxylic acids is 1. The first-order valence-electron chi connectivity index (χ1n) is 5.96. The van der Waals surface area contributed by atoms with Crippen LogP contribution in [0.15, 0.2) is 0 Å². The van der Waals surface area contributed by atoms with E-state index >= 15 is 0 Å². The second-order valence-electron chi connectivity index (χ2n) is 5.58. The molecule has 98 valence electrons. The fourth-order valence-electron chi connectivity index (χ4n) is 1.93. The Kier molecular flexibility index (Phi) is 4.37. The zero-order chi connectivity index (χ0) is 13.1. The van der Waals surface area contributed by atoms with Gasteiger partial charge in [0.25, 0.3) is 0 Å². The lowest BCUT2D eigenvalue weighted by molar-refractivity contribution is -0.139. The molecule has 1 saturated carbocycles. The number of alkyl carbamates (subject to hydrolysis) is 1. The van der Waals surface area contributed by atoms with E-state index in [1.807, 2.05) is 20.8 Å². The van der Waals surface area contributed by atoms with Gasteiger partial charge in [0.2, 0.25) is 0 Å². The number of carboxylic acid groups (broad SMARTS) is 1. The molecule has 0 unspecified atom stereocenters. The van der Waals surface area contributed by atoms with Gasteiger partial charge in [-0.3, -0.25) is 4.79 Å². The summed E-state index contributed by atoms with van der Waals surface area (Å²) in [6.45, 7) is 5.93. The molecule has 0 spiro atoms. The Morgan fingerprint density at radius 1 is 1.29 bits per heavy atom. The van der Waals surface area contributed by atoms with Crippen molar-refractivity contribution in [3.63, 3.8) is 0 Å². The van der Waals surface area contributed by atoms with Crippen LogP contribution in [0, 0.1) is 11.8 Å². The summed E-state index contributed by atoms with van der Waals surface area (Å²) in [6, 6.07) is 0. The van der Waals surface area contributed by atoms with E-state index in [1.54, 1.807) is 0 Å². The minimum absolute atomic E-state index is 0.195. The van der Waals surface area contributed by atoms with Crippen molar-refractivity contribution in [3.05, 3.63) is 0 Å². The van der Waals surface area contributed by atoms with Crippen LogP contribution in [0.5, 0.6) is 0 Å². The Morgan fingerprint density at radius 3 is 2.29 bits per heavy atom. The second-order valence-corrected chi connectivity index (χ2v) is 5.58. The number of amides is 1. The fourth-order valence-corrected chi connectivity index (χ4v) is 1.93. The smallest absolute Gasteiger partial charge is 0.407 e. The van der Waals surface area contributed by atoms with Crippen LogP contribution in [0.25, 0.3) is 0 Å². The third kappa shape index (κ3) is 5.06. The van der Waals surface area contributed by atoms with Crippen molar-refractivity contribution in [3.8, 4) is 0 Å². The van der Waals surface area contributed by atoms with Crippen molar-refractivity contribution in [2.75, 3.05) is 6.54 Å². The van der Waals surface area contributed by atoms with Gasteiger partial charge < -0.3 is 15.2 Å². The summed E-state index contributed by atoms with van der Waals surface area (Å²) in [6.07, 6.45) is 1.68. The maximum absolute atomic E-state index is 11.4. The highest BCUT2D eigenvalue weighted by Crippen LogP contribution is 2.36. The summed E-state index contributed by atoms with van der Waals surface area (Å²) >= 11 is 0. The van der Waals surface area contributed by atoms with E-state index in [-0.39, 0.29) is 18.3 Å². The summed E-state index contributed by atoms with van der Waals surface area (Å²) in [4.78, 5) is 21.9. The maximum atomic E-state index is 11.4. The van der Waals surface area contributed by atoms with Crippen molar-refractivity contribution in [1.82, 2.24) is 5.32 Å².